The highest BCUT2D eigenvalue weighted by molar-refractivity contribution is 9.10. The van der Waals surface area contributed by atoms with Gasteiger partial charge in [0, 0.05) is 29.1 Å². The van der Waals surface area contributed by atoms with Gasteiger partial charge in [0.15, 0.2) is 0 Å². The van der Waals surface area contributed by atoms with E-state index in [1.807, 2.05) is 0 Å². The highest BCUT2D eigenvalue weighted by atomic mass is 79.9. The lowest BCUT2D eigenvalue weighted by Gasteiger charge is -2.34. The molecule has 0 bridgehead atoms. The highest BCUT2D eigenvalue weighted by Gasteiger charge is 2.27. The summed E-state index contributed by atoms with van der Waals surface area (Å²) in [6, 6.07) is 9.60. The lowest BCUT2D eigenvalue weighted by molar-refractivity contribution is 0.163. The normalized spacial score (nSPS) is 23.2. The van der Waals surface area contributed by atoms with Gasteiger partial charge in [-0.25, -0.2) is 0 Å². The number of likely N-dealkylation sites (tertiary alicyclic amines) is 1. The van der Waals surface area contributed by atoms with Crippen LogP contribution in [0.25, 0.3) is 0 Å². The van der Waals surface area contributed by atoms with Crippen LogP contribution in [0.1, 0.15) is 31.4 Å². The van der Waals surface area contributed by atoms with Gasteiger partial charge in [-0.3, -0.25) is 4.90 Å². The lowest BCUT2D eigenvalue weighted by atomic mass is 9.99. The fourth-order valence-corrected chi connectivity index (χ4v) is 3.54. The van der Waals surface area contributed by atoms with Crippen molar-refractivity contribution in [3.8, 4) is 0 Å². The van der Waals surface area contributed by atoms with Gasteiger partial charge in [0.1, 0.15) is 0 Å². The number of hydrogen-bond acceptors (Lipinski definition) is 3. The monoisotopic (exact) mass is 339 g/mol. The molecule has 0 spiro atoms. The third kappa shape index (κ3) is 3.82. The molecule has 1 aromatic rings. The maximum absolute atomic E-state index is 6.25. The second kappa shape index (κ2) is 7.03. The van der Waals surface area contributed by atoms with Crippen LogP contribution >= 0.6 is 15.9 Å². The van der Waals surface area contributed by atoms with E-state index in [0.29, 0.717) is 6.04 Å². The molecule has 1 aliphatic rings. The van der Waals surface area contributed by atoms with Gasteiger partial charge in [-0.2, -0.15) is 0 Å². The van der Waals surface area contributed by atoms with Crippen LogP contribution in [0.2, 0.25) is 0 Å². The number of nitrogens with two attached hydrogens (primary N) is 1. The number of hydrogen-bond donors (Lipinski definition) is 1. The van der Waals surface area contributed by atoms with E-state index in [4.69, 9.17) is 5.73 Å². The second-order valence-electron chi connectivity index (χ2n) is 6.07. The van der Waals surface area contributed by atoms with E-state index in [9.17, 15) is 0 Å². The first-order valence-corrected chi connectivity index (χ1v) is 8.20. The van der Waals surface area contributed by atoms with Crippen LogP contribution in [0.5, 0.6) is 0 Å². The maximum Gasteiger partial charge on any atom is 0.0494 e. The van der Waals surface area contributed by atoms with Crippen LogP contribution in [0.3, 0.4) is 0 Å². The Morgan fingerprint density at radius 1 is 1.40 bits per heavy atom. The van der Waals surface area contributed by atoms with Crippen molar-refractivity contribution in [1.29, 1.82) is 0 Å². The molecule has 1 heterocycles. The number of nitrogens with zero attached hydrogens (tertiary/aromatic N) is 2. The number of benzene rings is 1. The summed E-state index contributed by atoms with van der Waals surface area (Å²) in [7, 11) is 4.42. The Hall–Kier alpha value is -0.420. The molecule has 3 nitrogen and oxygen atoms in total. The van der Waals surface area contributed by atoms with Gasteiger partial charge in [-0.1, -0.05) is 28.1 Å². The Bertz CT molecular complexity index is 418. The second-order valence-corrected chi connectivity index (χ2v) is 6.99. The van der Waals surface area contributed by atoms with Crippen LogP contribution in [0.4, 0.5) is 0 Å². The number of halogens is 1. The summed E-state index contributed by atoms with van der Waals surface area (Å²) < 4.78 is 1.11. The minimum Gasteiger partial charge on any atom is -0.326 e. The maximum atomic E-state index is 6.25. The summed E-state index contributed by atoms with van der Waals surface area (Å²) >= 11 is 3.50. The topological polar surface area (TPSA) is 32.5 Å². The summed E-state index contributed by atoms with van der Waals surface area (Å²) in [5.74, 6) is 0. The van der Waals surface area contributed by atoms with Gasteiger partial charge in [-0.15, -0.1) is 0 Å². The zero-order valence-corrected chi connectivity index (χ0v) is 14.3. The van der Waals surface area contributed by atoms with Crippen molar-refractivity contribution in [2.45, 2.75) is 37.9 Å². The molecule has 20 heavy (non-hydrogen) atoms. The van der Waals surface area contributed by atoms with E-state index < -0.39 is 0 Å². The summed E-state index contributed by atoms with van der Waals surface area (Å²) in [6.07, 6.45) is 2.61. The van der Waals surface area contributed by atoms with E-state index in [1.165, 1.54) is 24.9 Å². The van der Waals surface area contributed by atoms with E-state index in [0.717, 1.165) is 11.0 Å². The van der Waals surface area contributed by atoms with E-state index >= 15 is 0 Å². The SMILES string of the molecule is CC(N)C(c1ccc(Br)cc1)N(C)CC1CCCN1C. The zero-order valence-electron chi connectivity index (χ0n) is 12.7. The summed E-state index contributed by atoms with van der Waals surface area (Å²) in [4.78, 5) is 4.89. The Kier molecular flexibility index (Phi) is 5.61. The average molecular weight is 340 g/mol. The number of rotatable bonds is 5. The highest BCUT2D eigenvalue weighted by Crippen LogP contribution is 2.26. The minimum atomic E-state index is 0.118. The molecule has 2 N–H and O–H groups in total. The summed E-state index contributed by atoms with van der Waals surface area (Å²) in [6.45, 7) is 4.40. The molecule has 0 saturated carbocycles. The molecule has 1 aromatic carbocycles. The minimum absolute atomic E-state index is 0.118. The van der Waals surface area contributed by atoms with Crippen LogP contribution in [-0.2, 0) is 0 Å². The van der Waals surface area contributed by atoms with Gasteiger partial charge in [0.2, 0.25) is 0 Å². The molecule has 3 unspecified atom stereocenters. The molecule has 1 fully saturated rings. The van der Waals surface area contributed by atoms with Crippen molar-refractivity contribution in [3.63, 3.8) is 0 Å². The predicted octanol–water partition coefficient (Wildman–Crippen LogP) is 2.86. The van der Waals surface area contributed by atoms with Gasteiger partial charge < -0.3 is 10.6 Å². The van der Waals surface area contributed by atoms with Crippen molar-refractivity contribution in [3.05, 3.63) is 34.3 Å². The van der Waals surface area contributed by atoms with Crippen LogP contribution in [-0.4, -0.2) is 49.1 Å². The van der Waals surface area contributed by atoms with Gasteiger partial charge in [-0.05, 0) is 58.1 Å². The third-order valence-corrected chi connectivity index (χ3v) is 4.88. The number of likely N-dealkylation sites (N-methyl/N-ethyl adjacent to an activating group) is 2. The first kappa shape index (κ1) is 16.0. The van der Waals surface area contributed by atoms with Crippen LogP contribution in [0, 0.1) is 0 Å². The Balaban J connectivity index is 2.09. The van der Waals surface area contributed by atoms with Gasteiger partial charge in [0.25, 0.3) is 0 Å². The molecule has 1 saturated heterocycles. The quantitative estimate of drug-likeness (QED) is 0.895. The standard InChI is InChI=1S/C16H26BrN3/c1-12(18)16(13-6-8-14(17)9-7-13)20(3)11-15-5-4-10-19(15)2/h6-9,12,15-16H,4-5,10-11,18H2,1-3H3. The average Bonchev–Trinajstić information content (AvgIpc) is 2.77. The Morgan fingerprint density at radius 2 is 2.05 bits per heavy atom. The molecular weight excluding hydrogens is 314 g/mol. The van der Waals surface area contributed by atoms with Crippen molar-refractivity contribution in [2.24, 2.45) is 5.73 Å². The van der Waals surface area contributed by atoms with E-state index in [1.54, 1.807) is 0 Å². The third-order valence-electron chi connectivity index (χ3n) is 4.35. The first-order chi connectivity index (χ1) is 9.49. The molecule has 1 aliphatic heterocycles. The van der Waals surface area contributed by atoms with Gasteiger partial charge >= 0.3 is 0 Å². The molecule has 4 heteroatoms. The molecule has 0 amide bonds. The predicted molar refractivity (Wildman–Crippen MR) is 88.8 cm³/mol. The van der Waals surface area contributed by atoms with Crippen LogP contribution < -0.4 is 5.73 Å². The summed E-state index contributed by atoms with van der Waals surface area (Å²) in [5.41, 5.74) is 7.55. The van der Waals surface area contributed by atoms with Crippen molar-refractivity contribution >= 4 is 15.9 Å². The molecule has 0 radical (unpaired) electrons. The Morgan fingerprint density at radius 3 is 2.55 bits per heavy atom. The molecule has 0 aliphatic carbocycles. The van der Waals surface area contributed by atoms with Gasteiger partial charge in [0.05, 0.1) is 0 Å². The summed E-state index contributed by atoms with van der Waals surface area (Å²) in [5, 5.41) is 0. The molecule has 112 valence electrons. The van der Waals surface area contributed by atoms with E-state index in [-0.39, 0.29) is 12.1 Å². The van der Waals surface area contributed by atoms with Crippen LogP contribution in [0.15, 0.2) is 28.7 Å². The van der Waals surface area contributed by atoms with Crippen molar-refractivity contribution < 1.29 is 0 Å². The molecule has 2 rings (SSSR count). The fourth-order valence-electron chi connectivity index (χ4n) is 3.28. The lowest BCUT2D eigenvalue weighted by Crippen LogP contribution is -2.43. The smallest absolute Gasteiger partial charge is 0.0494 e. The Labute approximate surface area is 131 Å². The molecular formula is C16H26BrN3. The first-order valence-electron chi connectivity index (χ1n) is 7.40. The largest absolute Gasteiger partial charge is 0.326 e. The zero-order chi connectivity index (χ0) is 14.7. The van der Waals surface area contributed by atoms with E-state index in [2.05, 4.69) is 71.0 Å². The van der Waals surface area contributed by atoms with Crippen molar-refractivity contribution in [2.75, 3.05) is 27.2 Å². The molecule has 0 aromatic heterocycles. The van der Waals surface area contributed by atoms with Crippen molar-refractivity contribution in [1.82, 2.24) is 9.80 Å². The molecule has 3 atom stereocenters. The fraction of sp³-hybridized carbons (Fsp3) is 0.625.